The van der Waals surface area contributed by atoms with Crippen molar-refractivity contribution in [2.45, 2.75) is 44.4 Å². The van der Waals surface area contributed by atoms with E-state index in [2.05, 4.69) is 21.4 Å². The van der Waals surface area contributed by atoms with Crippen LogP contribution in [0.4, 0.5) is 11.4 Å². The lowest BCUT2D eigenvalue weighted by Gasteiger charge is -2.50. The third-order valence-corrected chi connectivity index (χ3v) is 12.2. The van der Waals surface area contributed by atoms with E-state index in [4.69, 9.17) is 4.74 Å². The van der Waals surface area contributed by atoms with Crippen molar-refractivity contribution >= 4 is 50.9 Å². The van der Waals surface area contributed by atoms with Gasteiger partial charge >= 0.3 is 0 Å². The summed E-state index contributed by atoms with van der Waals surface area (Å²) in [7, 11) is 1.46. The molecule has 4 aromatic rings. The maximum atomic E-state index is 15.3. The molecule has 2 aliphatic heterocycles. The number of hydrogen-bond acceptors (Lipinski definition) is 7. The summed E-state index contributed by atoms with van der Waals surface area (Å²) in [4.78, 5) is 60.2. The summed E-state index contributed by atoms with van der Waals surface area (Å²) >= 11 is 3.50. The molecule has 0 unspecified atom stereocenters. The zero-order valence-electron chi connectivity index (χ0n) is 29.0. The van der Waals surface area contributed by atoms with E-state index in [1.807, 2.05) is 98.8 Å². The molecule has 8 rings (SSSR count). The molecular weight excluding hydrogens is 722 g/mol. The molecule has 6 atom stereocenters. The van der Waals surface area contributed by atoms with Crippen LogP contribution in [0.2, 0.25) is 0 Å². The molecule has 2 heterocycles. The lowest BCUT2D eigenvalue weighted by Crippen LogP contribution is -2.53. The van der Waals surface area contributed by atoms with Crippen molar-refractivity contribution < 1.29 is 29.0 Å². The number of carbonyl (C=O) groups excluding carboxylic acids is 4. The molecule has 1 saturated carbocycles. The smallest absolute Gasteiger partial charge is 0.260 e. The highest BCUT2D eigenvalue weighted by atomic mass is 79.9. The quantitative estimate of drug-likeness (QED) is 0.151. The molecule has 3 fully saturated rings. The number of carbonyl (C=O) groups is 4. The molecule has 4 aromatic carbocycles. The number of amides is 4. The second-order valence-corrected chi connectivity index (χ2v) is 15.0. The zero-order chi connectivity index (χ0) is 36.5. The first-order chi connectivity index (χ1) is 25.1. The Morgan fingerprint density at radius 3 is 2.29 bits per heavy atom. The van der Waals surface area contributed by atoms with Crippen LogP contribution in [0.25, 0.3) is 0 Å². The van der Waals surface area contributed by atoms with E-state index in [1.165, 1.54) is 12.0 Å². The number of aryl methyl sites for hydroxylation is 2. The molecule has 4 aliphatic rings. The number of nitrogens with one attached hydrogen (secondary N) is 1. The molecule has 4 amide bonds. The van der Waals surface area contributed by atoms with E-state index >= 15 is 4.79 Å². The van der Waals surface area contributed by atoms with Gasteiger partial charge in [-0.15, -0.1) is 0 Å². The number of fused-ring (bicyclic) bond motifs is 4. The maximum Gasteiger partial charge on any atom is 0.260 e. The normalized spacial score (nSPS) is 26.5. The van der Waals surface area contributed by atoms with Crippen molar-refractivity contribution in [1.82, 2.24) is 5.01 Å². The van der Waals surface area contributed by atoms with Gasteiger partial charge in [0, 0.05) is 5.92 Å². The van der Waals surface area contributed by atoms with Crippen LogP contribution in [0.1, 0.15) is 47.9 Å². The topological polar surface area (TPSA) is 116 Å². The number of nitrogens with zero attached hydrogens (tertiary/aromatic N) is 2. The van der Waals surface area contributed by atoms with Crippen molar-refractivity contribution in [2.75, 3.05) is 17.4 Å². The molecule has 2 aliphatic carbocycles. The number of ether oxygens (including phenoxy) is 1. The molecule has 9 nitrogen and oxygen atoms in total. The van der Waals surface area contributed by atoms with Gasteiger partial charge in [-0.05, 0) is 101 Å². The molecule has 10 heteroatoms. The fraction of sp³-hybridized carbons (Fsp3) is 0.286. The highest BCUT2D eigenvalue weighted by Gasteiger charge is 2.70. The molecule has 2 saturated heterocycles. The third-order valence-electron chi connectivity index (χ3n) is 11.6. The first kappa shape index (κ1) is 33.9. The Bertz CT molecular complexity index is 2150. The fourth-order valence-electron chi connectivity index (χ4n) is 9.17. The monoisotopic (exact) mass is 759 g/mol. The van der Waals surface area contributed by atoms with Crippen molar-refractivity contribution in [2.24, 2.45) is 23.7 Å². The van der Waals surface area contributed by atoms with Gasteiger partial charge in [0.1, 0.15) is 0 Å². The summed E-state index contributed by atoms with van der Waals surface area (Å²) in [5.74, 6) is -4.78. The first-order valence-corrected chi connectivity index (χ1v) is 18.4. The Morgan fingerprint density at radius 1 is 0.904 bits per heavy atom. The molecule has 52 heavy (non-hydrogen) atoms. The number of benzene rings is 4. The van der Waals surface area contributed by atoms with Crippen LogP contribution in [0.15, 0.2) is 107 Å². The molecule has 264 valence electrons. The highest BCUT2D eigenvalue weighted by Crippen LogP contribution is 2.64. The molecular formula is C42H38BrN3O6. The van der Waals surface area contributed by atoms with Gasteiger partial charge in [-0.3, -0.25) is 29.5 Å². The molecule has 0 bridgehead atoms. The van der Waals surface area contributed by atoms with Gasteiger partial charge in [-0.1, -0.05) is 78.7 Å². The van der Waals surface area contributed by atoms with Gasteiger partial charge in [-0.25, -0.2) is 0 Å². The number of hydrogen-bond donors (Lipinski definition) is 2. The van der Waals surface area contributed by atoms with Gasteiger partial charge < -0.3 is 9.84 Å². The summed E-state index contributed by atoms with van der Waals surface area (Å²) in [5, 5.41) is 12.0. The largest absolute Gasteiger partial charge is 0.503 e. The van der Waals surface area contributed by atoms with Crippen molar-refractivity contribution in [3.05, 3.63) is 129 Å². The second kappa shape index (κ2) is 12.8. The number of rotatable bonds is 7. The summed E-state index contributed by atoms with van der Waals surface area (Å²) in [5.41, 5.74) is 7.04. The summed E-state index contributed by atoms with van der Waals surface area (Å²) < 4.78 is 5.96. The van der Waals surface area contributed by atoms with E-state index in [1.54, 1.807) is 12.1 Å². The highest BCUT2D eigenvalue weighted by molar-refractivity contribution is 9.10. The zero-order valence-corrected chi connectivity index (χ0v) is 30.6. The molecule has 2 N–H and O–H groups in total. The summed E-state index contributed by atoms with van der Waals surface area (Å²) in [6, 6.07) is 27.8. The SMILES string of the molecule is CCc1ccc(N2C(=O)[C@H]3[C@H](CC=C4[C@H]3C[C@H]3C(=O)N(Nc5ccc(C)cc5)C(=O)[C@@]3(c3ccccc3)[C@H]4c3cc(Br)c(O)c(OC)c3)C2=O)cc1. The number of methoxy groups -OCH3 is 1. The van der Waals surface area contributed by atoms with Crippen LogP contribution in [0.3, 0.4) is 0 Å². The van der Waals surface area contributed by atoms with E-state index in [9.17, 15) is 19.5 Å². The Kier molecular flexibility index (Phi) is 8.33. The standard InChI is InChI=1S/C42H38BrN3O6/c1-4-24-12-16-28(17-13-24)45-38(48)30-19-18-29-31(35(30)40(45)50)22-32-39(49)46(44-27-14-10-23(2)11-15-27)41(51)42(32,26-8-6-5-7-9-26)36(29)25-20-33(43)37(47)34(21-25)52-3/h5-18,20-21,30-32,35-36,44,47H,4,19,22H2,1-3H3/t30-,31+,32-,35-,36-,42+/m0/s1. The number of aromatic hydroxyl groups is 1. The van der Waals surface area contributed by atoms with Crippen molar-refractivity contribution in [3.8, 4) is 11.5 Å². The Morgan fingerprint density at radius 2 is 1.62 bits per heavy atom. The number of imide groups is 2. The maximum absolute atomic E-state index is 15.3. The minimum atomic E-state index is -1.44. The Hall–Kier alpha value is -5.22. The third kappa shape index (κ3) is 4.94. The minimum Gasteiger partial charge on any atom is -0.503 e. The van der Waals surface area contributed by atoms with Crippen LogP contribution in [0.5, 0.6) is 11.5 Å². The second-order valence-electron chi connectivity index (χ2n) is 14.2. The first-order valence-electron chi connectivity index (χ1n) is 17.6. The molecule has 0 spiro atoms. The molecule has 0 radical (unpaired) electrons. The average Bonchev–Trinajstić information content (AvgIpc) is 3.54. The lowest BCUT2D eigenvalue weighted by molar-refractivity contribution is -0.138. The predicted octanol–water partition coefficient (Wildman–Crippen LogP) is 7.22. The van der Waals surface area contributed by atoms with Crippen molar-refractivity contribution in [3.63, 3.8) is 0 Å². The Labute approximate surface area is 310 Å². The fourth-order valence-corrected chi connectivity index (χ4v) is 9.63. The van der Waals surface area contributed by atoms with Gasteiger partial charge in [0.15, 0.2) is 11.5 Å². The van der Waals surface area contributed by atoms with Crippen LogP contribution in [0, 0.1) is 30.6 Å². The minimum absolute atomic E-state index is 0.0978. The predicted molar refractivity (Wildman–Crippen MR) is 199 cm³/mol. The van der Waals surface area contributed by atoms with Gasteiger partial charge in [0.25, 0.3) is 11.8 Å². The van der Waals surface area contributed by atoms with E-state index in [-0.39, 0.29) is 29.7 Å². The number of phenols is 1. The van der Waals surface area contributed by atoms with Gasteiger partial charge in [0.2, 0.25) is 11.8 Å². The van der Waals surface area contributed by atoms with Crippen LogP contribution in [-0.4, -0.2) is 40.9 Å². The number of halogens is 1. The number of allylic oxidation sites excluding steroid dienone is 2. The number of anilines is 2. The Balaban J connectivity index is 1.32. The van der Waals surface area contributed by atoms with Crippen molar-refractivity contribution in [1.29, 1.82) is 0 Å². The van der Waals surface area contributed by atoms with Crippen LogP contribution in [-0.2, 0) is 31.0 Å². The lowest BCUT2D eigenvalue weighted by atomic mass is 9.49. The average molecular weight is 761 g/mol. The summed E-state index contributed by atoms with van der Waals surface area (Å²) in [6.45, 7) is 4.01. The van der Waals surface area contributed by atoms with Crippen LogP contribution < -0.4 is 15.1 Å². The number of phenolic OH excluding ortho intramolecular Hbond substituents is 1. The van der Waals surface area contributed by atoms with E-state index in [0.717, 1.165) is 28.1 Å². The van der Waals surface area contributed by atoms with E-state index in [0.29, 0.717) is 33.4 Å². The van der Waals surface area contributed by atoms with Crippen LogP contribution >= 0.6 is 15.9 Å². The molecule has 0 aromatic heterocycles. The van der Waals surface area contributed by atoms with Gasteiger partial charge in [0.05, 0.1) is 46.1 Å². The number of hydrazine groups is 1. The van der Waals surface area contributed by atoms with Gasteiger partial charge in [-0.2, -0.15) is 5.01 Å². The van der Waals surface area contributed by atoms with E-state index < -0.39 is 46.8 Å². The summed E-state index contributed by atoms with van der Waals surface area (Å²) in [6.07, 6.45) is 3.34.